The molecule has 0 atom stereocenters. The summed E-state index contributed by atoms with van der Waals surface area (Å²) in [5, 5.41) is 0. The molecule has 2 N–H and O–H groups in total. The summed E-state index contributed by atoms with van der Waals surface area (Å²) >= 11 is 4.82. The van der Waals surface area contributed by atoms with Gasteiger partial charge in [-0.3, -0.25) is 20.1 Å². The molecule has 1 aromatic rings. The Hall–Kier alpha value is -1.14. The summed E-state index contributed by atoms with van der Waals surface area (Å²) in [6.45, 7) is 0. The quantitative estimate of drug-likeness (QED) is 0.520. The number of aryl methyl sites for hydroxylation is 1. The maximum Gasteiger partial charge on any atom is 0.277 e. The summed E-state index contributed by atoms with van der Waals surface area (Å²) < 4.78 is 1.99. The SMILES string of the molecule is CONc1cn(C)c(=S)[nH]c1=O. The number of nitrogens with zero attached hydrogens (tertiary/aromatic N) is 1. The highest BCUT2D eigenvalue weighted by Gasteiger charge is 1.98. The van der Waals surface area contributed by atoms with Gasteiger partial charge in [0, 0.05) is 13.2 Å². The van der Waals surface area contributed by atoms with Crippen LogP contribution in [-0.4, -0.2) is 16.7 Å². The third kappa shape index (κ3) is 1.72. The lowest BCUT2D eigenvalue weighted by molar-refractivity contribution is 0.270. The summed E-state index contributed by atoms with van der Waals surface area (Å²) in [5.74, 6) is 0. The van der Waals surface area contributed by atoms with Crippen LogP contribution < -0.4 is 11.0 Å². The van der Waals surface area contributed by atoms with E-state index in [-0.39, 0.29) is 5.56 Å². The summed E-state index contributed by atoms with van der Waals surface area (Å²) in [7, 11) is 3.17. The first kappa shape index (κ1) is 8.95. The van der Waals surface area contributed by atoms with E-state index in [1.54, 1.807) is 17.8 Å². The maximum absolute atomic E-state index is 11.1. The molecule has 0 fully saturated rings. The number of aromatic amines is 1. The third-order valence-corrected chi connectivity index (χ3v) is 1.71. The van der Waals surface area contributed by atoms with E-state index in [4.69, 9.17) is 12.2 Å². The van der Waals surface area contributed by atoms with Crippen LogP contribution in [0.1, 0.15) is 0 Å². The van der Waals surface area contributed by atoms with E-state index in [0.717, 1.165) is 0 Å². The molecule has 0 amide bonds. The Bertz CT molecular complexity index is 381. The molecule has 0 spiro atoms. The van der Waals surface area contributed by atoms with Crippen LogP contribution in [0.15, 0.2) is 11.0 Å². The van der Waals surface area contributed by atoms with Crippen molar-refractivity contribution in [3.63, 3.8) is 0 Å². The molecular weight excluding hydrogens is 178 g/mol. The lowest BCUT2D eigenvalue weighted by Gasteiger charge is -2.03. The second-order valence-corrected chi connectivity index (χ2v) is 2.61. The molecule has 0 saturated carbocycles. The minimum Gasteiger partial charge on any atom is -0.326 e. The van der Waals surface area contributed by atoms with Crippen LogP contribution >= 0.6 is 12.2 Å². The first-order valence-electron chi connectivity index (χ1n) is 3.24. The van der Waals surface area contributed by atoms with Gasteiger partial charge in [0.05, 0.1) is 7.11 Å². The first-order valence-corrected chi connectivity index (χ1v) is 3.65. The zero-order chi connectivity index (χ0) is 9.14. The molecule has 0 unspecified atom stereocenters. The van der Waals surface area contributed by atoms with Gasteiger partial charge in [-0.2, -0.15) is 0 Å². The number of anilines is 1. The normalized spacial score (nSPS) is 9.83. The largest absolute Gasteiger partial charge is 0.326 e. The molecule has 0 aliphatic rings. The Kier molecular flexibility index (Phi) is 2.61. The van der Waals surface area contributed by atoms with Crippen LogP contribution in [0, 0.1) is 4.77 Å². The minimum absolute atomic E-state index is 0.292. The number of hydrogen-bond donors (Lipinski definition) is 2. The van der Waals surface area contributed by atoms with Crippen molar-refractivity contribution in [3.8, 4) is 0 Å². The Morgan fingerprint density at radius 2 is 2.42 bits per heavy atom. The van der Waals surface area contributed by atoms with Crippen LogP contribution in [-0.2, 0) is 11.9 Å². The molecule has 66 valence electrons. The Balaban J connectivity index is 3.24. The molecule has 1 aromatic heterocycles. The molecule has 0 saturated heterocycles. The number of hydrogen-bond acceptors (Lipinski definition) is 4. The van der Waals surface area contributed by atoms with Gasteiger partial charge in [0.2, 0.25) is 0 Å². The molecule has 6 heteroatoms. The second kappa shape index (κ2) is 3.51. The Morgan fingerprint density at radius 1 is 1.75 bits per heavy atom. The summed E-state index contributed by atoms with van der Waals surface area (Å²) in [6.07, 6.45) is 1.56. The van der Waals surface area contributed by atoms with Crippen molar-refractivity contribution in [1.82, 2.24) is 9.55 Å². The fourth-order valence-corrected chi connectivity index (χ4v) is 0.892. The van der Waals surface area contributed by atoms with Crippen LogP contribution in [0.4, 0.5) is 5.69 Å². The predicted octanol–water partition coefficient (Wildman–Crippen LogP) is 0.416. The molecule has 1 rings (SSSR count). The lowest BCUT2D eigenvalue weighted by atomic mass is 10.5. The van der Waals surface area contributed by atoms with E-state index in [9.17, 15) is 4.79 Å². The average molecular weight is 187 g/mol. The van der Waals surface area contributed by atoms with Gasteiger partial charge in [-0.15, -0.1) is 0 Å². The average Bonchev–Trinajstić information content (AvgIpc) is 2.01. The molecular formula is C6H9N3O2S. The van der Waals surface area contributed by atoms with E-state index in [1.165, 1.54) is 7.11 Å². The van der Waals surface area contributed by atoms with Gasteiger partial charge in [0.1, 0.15) is 5.69 Å². The number of nitrogens with one attached hydrogen (secondary N) is 2. The van der Waals surface area contributed by atoms with Gasteiger partial charge < -0.3 is 4.57 Å². The number of rotatable bonds is 2. The number of aromatic nitrogens is 2. The topological polar surface area (TPSA) is 59.0 Å². The Morgan fingerprint density at radius 3 is 3.00 bits per heavy atom. The smallest absolute Gasteiger partial charge is 0.277 e. The van der Waals surface area contributed by atoms with E-state index >= 15 is 0 Å². The molecule has 12 heavy (non-hydrogen) atoms. The molecule has 0 bridgehead atoms. The van der Waals surface area contributed by atoms with Crippen LogP contribution in [0.2, 0.25) is 0 Å². The fraction of sp³-hybridized carbons (Fsp3) is 0.333. The first-order chi connectivity index (χ1) is 5.65. The van der Waals surface area contributed by atoms with Gasteiger partial charge in [-0.1, -0.05) is 0 Å². The van der Waals surface area contributed by atoms with Gasteiger partial charge in [-0.25, -0.2) is 0 Å². The molecule has 0 aliphatic carbocycles. The van der Waals surface area contributed by atoms with E-state index in [0.29, 0.717) is 10.5 Å². The standard InChI is InChI=1S/C6H9N3O2S/c1-9-3-4(8-11-2)5(10)7-6(9)12/h3,8H,1-2H3,(H,7,10,12). The fourth-order valence-electron chi connectivity index (χ4n) is 0.746. The van der Waals surface area contributed by atoms with Gasteiger partial charge in [0.15, 0.2) is 4.77 Å². The highest BCUT2D eigenvalue weighted by Crippen LogP contribution is 1.95. The Labute approximate surface area is 73.9 Å². The molecule has 0 radical (unpaired) electrons. The van der Waals surface area contributed by atoms with Crippen molar-refractivity contribution in [3.05, 3.63) is 21.3 Å². The van der Waals surface area contributed by atoms with Crippen molar-refractivity contribution in [2.24, 2.45) is 7.05 Å². The van der Waals surface area contributed by atoms with Gasteiger partial charge >= 0.3 is 0 Å². The van der Waals surface area contributed by atoms with E-state index in [1.807, 2.05) is 0 Å². The van der Waals surface area contributed by atoms with Crippen LogP contribution in [0.25, 0.3) is 0 Å². The van der Waals surface area contributed by atoms with Crippen molar-refractivity contribution in [1.29, 1.82) is 0 Å². The molecule has 1 heterocycles. The van der Waals surface area contributed by atoms with Crippen LogP contribution in [0.3, 0.4) is 0 Å². The zero-order valence-electron chi connectivity index (χ0n) is 6.75. The third-order valence-electron chi connectivity index (χ3n) is 1.32. The zero-order valence-corrected chi connectivity index (χ0v) is 7.57. The van der Waals surface area contributed by atoms with Crippen molar-refractivity contribution >= 4 is 17.9 Å². The minimum atomic E-state index is -0.292. The summed E-state index contributed by atoms with van der Waals surface area (Å²) in [4.78, 5) is 18.2. The monoisotopic (exact) mass is 187 g/mol. The number of H-pyrrole nitrogens is 1. The molecule has 0 aliphatic heterocycles. The predicted molar refractivity (Wildman–Crippen MR) is 47.5 cm³/mol. The summed E-state index contributed by atoms with van der Waals surface area (Å²) in [5.41, 5.74) is 2.47. The maximum atomic E-state index is 11.1. The van der Waals surface area contributed by atoms with Crippen LogP contribution in [0.5, 0.6) is 0 Å². The molecule has 5 nitrogen and oxygen atoms in total. The van der Waals surface area contributed by atoms with Crippen molar-refractivity contribution < 1.29 is 4.84 Å². The second-order valence-electron chi connectivity index (χ2n) is 2.22. The molecule has 0 aromatic carbocycles. The van der Waals surface area contributed by atoms with Gasteiger partial charge in [-0.05, 0) is 12.2 Å². The van der Waals surface area contributed by atoms with E-state index in [2.05, 4.69) is 15.3 Å². The highest BCUT2D eigenvalue weighted by molar-refractivity contribution is 7.71. The van der Waals surface area contributed by atoms with Gasteiger partial charge in [0.25, 0.3) is 5.56 Å². The van der Waals surface area contributed by atoms with E-state index < -0.39 is 0 Å². The lowest BCUT2D eigenvalue weighted by Crippen LogP contribution is -2.16. The van der Waals surface area contributed by atoms with Crippen molar-refractivity contribution in [2.45, 2.75) is 0 Å². The highest BCUT2D eigenvalue weighted by atomic mass is 32.1. The summed E-state index contributed by atoms with van der Waals surface area (Å²) in [6, 6.07) is 0. The van der Waals surface area contributed by atoms with Crippen molar-refractivity contribution in [2.75, 3.05) is 12.6 Å².